The number of phenols is 1. The van der Waals surface area contributed by atoms with Crippen LogP contribution in [0.25, 0.3) is 83.9 Å². The molecular formula is C60H57N3O. The van der Waals surface area contributed by atoms with Gasteiger partial charge in [-0.25, -0.2) is 4.98 Å². The van der Waals surface area contributed by atoms with Crippen LogP contribution in [-0.4, -0.2) is 19.6 Å². The van der Waals surface area contributed by atoms with Crippen molar-refractivity contribution >= 4 is 11.0 Å². The molecule has 0 fully saturated rings. The molecule has 0 aliphatic heterocycles. The van der Waals surface area contributed by atoms with Gasteiger partial charge in [0.1, 0.15) is 11.6 Å². The maximum Gasteiger partial charge on any atom is 0.149 e. The van der Waals surface area contributed by atoms with E-state index >= 15 is 0 Å². The Bertz CT molecular complexity index is 3660. The van der Waals surface area contributed by atoms with E-state index in [9.17, 15) is 6.48 Å². The Morgan fingerprint density at radius 1 is 0.625 bits per heavy atom. The van der Waals surface area contributed by atoms with Crippen LogP contribution < -0.4 is 0 Å². The Balaban J connectivity index is 1.33. The van der Waals surface area contributed by atoms with Gasteiger partial charge in [0.2, 0.25) is 0 Å². The van der Waals surface area contributed by atoms with Gasteiger partial charge in [0.05, 0.1) is 37.6 Å². The lowest BCUT2D eigenvalue weighted by atomic mass is 9.85. The fraction of sp³-hybridized carbons (Fsp3) is 0.200. The number of benzene rings is 7. The Kier molecular flexibility index (Phi) is 8.39. The molecule has 2 heterocycles. The van der Waals surface area contributed by atoms with Crippen molar-refractivity contribution in [2.24, 2.45) is 0 Å². The molecule has 0 amide bonds. The van der Waals surface area contributed by atoms with Gasteiger partial charge in [-0.3, -0.25) is 9.55 Å². The van der Waals surface area contributed by atoms with Crippen LogP contribution in [0.1, 0.15) is 102 Å². The summed E-state index contributed by atoms with van der Waals surface area (Å²) < 4.78 is 87.7. The quantitative estimate of drug-likeness (QED) is 0.157. The second kappa shape index (κ2) is 16.9. The number of rotatable bonds is 9. The van der Waals surface area contributed by atoms with E-state index in [1.807, 2.05) is 48.5 Å². The first kappa shape index (κ1) is 31.7. The highest BCUT2D eigenvalue weighted by molar-refractivity contribution is 5.98. The first-order valence-electron chi connectivity index (χ1n) is 26.8. The van der Waals surface area contributed by atoms with Crippen molar-refractivity contribution in [1.29, 1.82) is 0 Å². The first-order chi connectivity index (χ1) is 34.9. The first-order valence-corrected chi connectivity index (χ1v) is 21.8. The summed E-state index contributed by atoms with van der Waals surface area (Å²) in [7, 11) is 0. The van der Waals surface area contributed by atoms with Crippen LogP contribution in [0.15, 0.2) is 164 Å². The molecule has 0 aliphatic rings. The number of aromatic nitrogens is 3. The van der Waals surface area contributed by atoms with Gasteiger partial charge in [-0.2, -0.15) is 0 Å². The largest absolute Gasteiger partial charge is 0.507 e. The van der Waals surface area contributed by atoms with Gasteiger partial charge in [-0.15, -0.1) is 0 Å². The van der Waals surface area contributed by atoms with Crippen LogP contribution in [0.5, 0.6) is 5.75 Å². The molecule has 0 saturated heterocycles. The van der Waals surface area contributed by atoms with E-state index in [1.54, 1.807) is 18.2 Å². The number of aromatic hydroxyl groups is 1. The molecule has 0 aliphatic carbocycles. The van der Waals surface area contributed by atoms with Crippen molar-refractivity contribution in [3.63, 3.8) is 0 Å². The number of phenolic OH excluding ortho intramolecular Hbond substituents is 1. The number of pyridine rings is 1. The number of imidazole rings is 1. The molecule has 9 rings (SSSR count). The molecule has 0 bridgehead atoms. The van der Waals surface area contributed by atoms with E-state index in [1.165, 1.54) is 5.56 Å². The molecule has 0 atom stereocenters. The zero-order valence-corrected chi connectivity index (χ0v) is 37.5. The predicted octanol–water partition coefficient (Wildman–Crippen LogP) is 16.3. The van der Waals surface area contributed by atoms with E-state index in [0.717, 1.165) is 50.1 Å². The van der Waals surface area contributed by atoms with Crippen molar-refractivity contribution in [3.05, 3.63) is 192 Å². The fourth-order valence-corrected chi connectivity index (χ4v) is 8.42. The SMILES string of the molecule is [2H]c1nc(-c2cccc(-c3cccc4c3nc(-c3cc(C(C)C)cc(C(C)C)c3O)n4-c3cc(-c4ccccc4)c(C)cc3-c3ccc(C(C)(C)C)cc3)c2)c([2H])c(-c2c([2H])c([2H])c(C([2H])([2H])[2H])c([2H])c2[2H])c1[2H]. The number of hydrogen-bond donors (Lipinski definition) is 1. The summed E-state index contributed by atoms with van der Waals surface area (Å²) in [6, 6.07) is 36.5. The average molecular weight is 846 g/mol. The third-order valence-corrected chi connectivity index (χ3v) is 12.0. The smallest absolute Gasteiger partial charge is 0.149 e. The molecule has 2 aromatic heterocycles. The second-order valence-electron chi connectivity index (χ2n) is 18.2. The van der Waals surface area contributed by atoms with E-state index in [2.05, 4.69) is 120 Å². The van der Waals surface area contributed by atoms with E-state index < -0.39 is 60.4 Å². The van der Waals surface area contributed by atoms with Crippen molar-refractivity contribution in [1.82, 2.24) is 14.5 Å². The van der Waals surface area contributed by atoms with Gasteiger partial charge in [0, 0.05) is 27.0 Å². The van der Waals surface area contributed by atoms with Crippen molar-refractivity contribution in [2.75, 3.05) is 0 Å². The number of aryl methyl sites for hydroxylation is 1. The molecule has 0 spiro atoms. The van der Waals surface area contributed by atoms with Crippen molar-refractivity contribution in [3.8, 4) is 78.6 Å². The van der Waals surface area contributed by atoms with Crippen molar-refractivity contribution in [2.45, 2.75) is 79.5 Å². The molecule has 9 aromatic rings. The fourth-order valence-electron chi connectivity index (χ4n) is 8.42. The van der Waals surface area contributed by atoms with Crippen LogP contribution in [0.3, 0.4) is 0 Å². The summed E-state index contributed by atoms with van der Waals surface area (Å²) in [4.78, 5) is 9.92. The molecule has 4 heteroatoms. The third kappa shape index (κ3) is 8.05. The van der Waals surface area contributed by atoms with Gasteiger partial charge < -0.3 is 5.11 Å². The Labute approximate surface area is 393 Å². The molecule has 0 radical (unpaired) electrons. The van der Waals surface area contributed by atoms with Gasteiger partial charge in [0.25, 0.3) is 0 Å². The predicted molar refractivity (Wildman–Crippen MR) is 269 cm³/mol. The standard InChI is InChI=1S/C60H57N3O/c1-37(2)47-33-50(38(3)4)58(64)53(34-47)59-62-57-49(45-17-13-18-46(32-45)54-35-44(29-30-61-54)41-23-21-39(5)22-24-41)19-14-20-55(57)63(59)56-36-51(42-15-11-10-12-16-42)40(6)31-52(56)43-25-27-48(28-26-43)60(7,8)9/h10-38,64H,1-9H3/i5D3,21D,22D,23D,24D,29D,30D,35D. The topological polar surface area (TPSA) is 50.9 Å². The Morgan fingerprint density at radius 3 is 2.03 bits per heavy atom. The molecule has 0 saturated carbocycles. The van der Waals surface area contributed by atoms with E-state index in [0.29, 0.717) is 33.6 Å². The third-order valence-electron chi connectivity index (χ3n) is 12.0. The minimum absolute atomic E-state index is 0.00839. The Hall–Kier alpha value is -7.04. The van der Waals surface area contributed by atoms with Gasteiger partial charge in [-0.1, -0.05) is 169 Å². The summed E-state index contributed by atoms with van der Waals surface area (Å²) in [5.41, 5.74) is 11.0. The minimum atomic E-state index is -2.96. The zero-order valence-electron chi connectivity index (χ0n) is 47.5. The lowest BCUT2D eigenvalue weighted by molar-refractivity contribution is 0.466. The lowest BCUT2D eigenvalue weighted by Crippen LogP contribution is -2.10. The maximum absolute atomic E-state index is 12.4. The zero-order chi connectivity index (χ0) is 53.5. The number of para-hydroxylation sites is 1. The maximum atomic E-state index is 12.4. The van der Waals surface area contributed by atoms with Crippen LogP contribution in [0.2, 0.25) is 0 Å². The highest BCUT2D eigenvalue weighted by Crippen LogP contribution is 2.45. The van der Waals surface area contributed by atoms with Gasteiger partial charge in [0.15, 0.2) is 0 Å². The average Bonchev–Trinajstić information content (AvgIpc) is 3.74. The molecule has 7 aromatic carbocycles. The monoisotopic (exact) mass is 846 g/mol. The normalized spacial score (nSPS) is 14.3. The molecular weight excluding hydrogens is 779 g/mol. The van der Waals surface area contributed by atoms with E-state index in [-0.39, 0.29) is 34.3 Å². The van der Waals surface area contributed by atoms with Crippen LogP contribution in [0.4, 0.5) is 0 Å². The highest BCUT2D eigenvalue weighted by Gasteiger charge is 2.26. The summed E-state index contributed by atoms with van der Waals surface area (Å²) in [5.74, 6) is 0.783. The summed E-state index contributed by atoms with van der Waals surface area (Å²) in [5, 5.41) is 12.4. The molecule has 4 nitrogen and oxygen atoms in total. The molecule has 64 heavy (non-hydrogen) atoms. The number of nitrogens with zero attached hydrogens (tertiary/aromatic N) is 3. The van der Waals surface area contributed by atoms with Gasteiger partial charge in [-0.05, 0) is 129 Å². The number of hydrogen-bond acceptors (Lipinski definition) is 3. The Morgan fingerprint density at radius 2 is 1.33 bits per heavy atom. The van der Waals surface area contributed by atoms with Crippen LogP contribution >= 0.6 is 0 Å². The molecule has 318 valence electrons. The molecule has 0 unspecified atom stereocenters. The highest BCUT2D eigenvalue weighted by atomic mass is 16.3. The second-order valence-corrected chi connectivity index (χ2v) is 18.2. The van der Waals surface area contributed by atoms with Gasteiger partial charge >= 0.3 is 0 Å². The summed E-state index contributed by atoms with van der Waals surface area (Å²) in [6.07, 6.45) is -0.570. The summed E-state index contributed by atoms with van der Waals surface area (Å²) >= 11 is 0. The lowest BCUT2D eigenvalue weighted by Gasteiger charge is -2.22. The molecule has 1 N–H and O–H groups in total. The van der Waals surface area contributed by atoms with Crippen LogP contribution in [0, 0.1) is 13.8 Å². The summed E-state index contributed by atoms with van der Waals surface area (Å²) in [6.45, 7) is 14.2. The van der Waals surface area contributed by atoms with E-state index in [4.69, 9.17) is 17.3 Å². The minimum Gasteiger partial charge on any atom is -0.507 e. The van der Waals surface area contributed by atoms with Crippen molar-refractivity contribution < 1.29 is 18.8 Å². The van der Waals surface area contributed by atoms with Crippen LogP contribution in [-0.2, 0) is 5.41 Å². The number of fused-ring (bicyclic) bond motifs is 1.